The van der Waals surface area contributed by atoms with Crippen LogP contribution in [0.15, 0.2) is 36.4 Å². The fraction of sp³-hybridized carbons (Fsp3) is 0.389. The molecule has 7 heteroatoms. The van der Waals surface area contributed by atoms with Crippen LogP contribution in [0.1, 0.15) is 30.2 Å². The minimum Gasteiger partial charge on any atom is -0.383 e. The number of methoxy groups -OCH3 is 1. The summed E-state index contributed by atoms with van der Waals surface area (Å²) in [5, 5.41) is 9.79. The van der Waals surface area contributed by atoms with Gasteiger partial charge in [0, 0.05) is 20.2 Å². The van der Waals surface area contributed by atoms with Gasteiger partial charge in [-0.3, -0.25) is 5.10 Å². The van der Waals surface area contributed by atoms with E-state index in [0.717, 1.165) is 11.4 Å². The molecule has 1 atom stereocenters. The highest BCUT2D eigenvalue weighted by Crippen LogP contribution is 2.07. The Bertz CT molecular complexity index is 684. The number of hydrogen-bond donors (Lipinski definition) is 2. The number of aryl methyl sites for hydroxylation is 1. The molecular weight excluding hydrogens is 318 g/mol. The van der Waals surface area contributed by atoms with Gasteiger partial charge in [-0.05, 0) is 19.4 Å². The van der Waals surface area contributed by atoms with E-state index < -0.39 is 0 Å². The Morgan fingerprint density at radius 3 is 2.80 bits per heavy atom. The minimum absolute atomic E-state index is 0.176. The molecule has 1 aromatic carbocycles. The average molecular weight is 343 g/mol. The molecule has 0 saturated heterocycles. The maximum absolute atomic E-state index is 12.5. The summed E-state index contributed by atoms with van der Waals surface area (Å²) in [6.07, 6.45) is 3.96. The lowest BCUT2D eigenvalue weighted by Gasteiger charge is -2.23. The Hall–Kier alpha value is -2.67. The van der Waals surface area contributed by atoms with E-state index in [4.69, 9.17) is 4.74 Å². The summed E-state index contributed by atoms with van der Waals surface area (Å²) in [5.74, 6) is 1.29. The molecule has 1 unspecified atom stereocenters. The van der Waals surface area contributed by atoms with Gasteiger partial charge in [-0.15, -0.1) is 0 Å². The van der Waals surface area contributed by atoms with Crippen molar-refractivity contribution in [1.29, 1.82) is 0 Å². The van der Waals surface area contributed by atoms with Crippen molar-refractivity contribution in [2.45, 2.75) is 19.9 Å². The number of amides is 2. The van der Waals surface area contributed by atoms with Crippen LogP contribution in [0.3, 0.4) is 0 Å². The van der Waals surface area contributed by atoms with Crippen LogP contribution in [0, 0.1) is 6.92 Å². The van der Waals surface area contributed by atoms with Crippen LogP contribution in [0.2, 0.25) is 0 Å². The minimum atomic E-state index is -0.277. The molecule has 0 aliphatic carbocycles. The van der Waals surface area contributed by atoms with Crippen LogP contribution in [0.5, 0.6) is 0 Å². The lowest BCUT2D eigenvalue weighted by molar-refractivity contribution is 0.152. The van der Waals surface area contributed by atoms with Crippen LogP contribution < -0.4 is 5.32 Å². The largest absolute Gasteiger partial charge is 0.383 e. The molecular formula is C18H25N5O2. The van der Waals surface area contributed by atoms with Gasteiger partial charge in [0.15, 0.2) is 5.82 Å². The van der Waals surface area contributed by atoms with Gasteiger partial charge in [0.1, 0.15) is 5.82 Å². The highest BCUT2D eigenvalue weighted by molar-refractivity contribution is 5.75. The number of aromatic nitrogens is 3. The van der Waals surface area contributed by atoms with E-state index in [1.807, 2.05) is 56.3 Å². The number of carbonyl (C=O) groups is 1. The molecule has 2 N–H and O–H groups in total. The number of urea groups is 1. The molecule has 0 fully saturated rings. The van der Waals surface area contributed by atoms with Gasteiger partial charge in [0.05, 0.1) is 12.6 Å². The highest BCUT2D eigenvalue weighted by atomic mass is 16.5. The average Bonchev–Trinajstić information content (AvgIpc) is 3.05. The maximum Gasteiger partial charge on any atom is 0.318 e. The van der Waals surface area contributed by atoms with Crippen molar-refractivity contribution in [2.75, 3.05) is 26.8 Å². The van der Waals surface area contributed by atoms with Gasteiger partial charge in [0.2, 0.25) is 0 Å². The molecule has 1 heterocycles. The zero-order valence-corrected chi connectivity index (χ0v) is 14.9. The number of aromatic amines is 1. The fourth-order valence-corrected chi connectivity index (χ4v) is 2.25. The zero-order chi connectivity index (χ0) is 18.1. The first kappa shape index (κ1) is 18.7. The van der Waals surface area contributed by atoms with Crippen molar-refractivity contribution < 1.29 is 9.53 Å². The number of ether oxygens (including phenoxy) is 1. The summed E-state index contributed by atoms with van der Waals surface area (Å²) >= 11 is 0. The predicted octanol–water partition coefficient (Wildman–Crippen LogP) is 2.55. The van der Waals surface area contributed by atoms with Crippen molar-refractivity contribution in [3.05, 3.63) is 53.6 Å². The Morgan fingerprint density at radius 2 is 2.16 bits per heavy atom. The van der Waals surface area contributed by atoms with Gasteiger partial charge in [-0.25, -0.2) is 9.78 Å². The molecule has 0 bridgehead atoms. The first-order valence-corrected chi connectivity index (χ1v) is 8.25. The second kappa shape index (κ2) is 9.58. The number of hydrogen-bond acceptors (Lipinski definition) is 4. The SMILES string of the molecule is COCCN(C/C=C/c1ccccc1)C(=O)NC(C)c1n[nH]c(C)n1. The molecule has 7 nitrogen and oxygen atoms in total. The van der Waals surface area contributed by atoms with E-state index in [1.54, 1.807) is 12.0 Å². The lowest BCUT2D eigenvalue weighted by atomic mass is 10.2. The van der Waals surface area contributed by atoms with E-state index >= 15 is 0 Å². The van der Waals surface area contributed by atoms with Gasteiger partial charge in [-0.2, -0.15) is 5.10 Å². The first-order valence-electron chi connectivity index (χ1n) is 8.25. The van der Waals surface area contributed by atoms with Crippen LogP contribution >= 0.6 is 0 Å². The van der Waals surface area contributed by atoms with E-state index in [1.165, 1.54) is 0 Å². The van der Waals surface area contributed by atoms with E-state index in [-0.39, 0.29) is 12.1 Å². The second-order valence-corrected chi connectivity index (χ2v) is 5.70. The Labute approximate surface area is 148 Å². The van der Waals surface area contributed by atoms with E-state index in [0.29, 0.717) is 25.5 Å². The Balaban J connectivity index is 1.95. The molecule has 2 amide bonds. The first-order chi connectivity index (χ1) is 12.1. The van der Waals surface area contributed by atoms with Gasteiger partial charge >= 0.3 is 6.03 Å². The molecule has 134 valence electrons. The van der Waals surface area contributed by atoms with Crippen molar-refractivity contribution in [3.8, 4) is 0 Å². The molecule has 0 aliphatic heterocycles. The standard InChI is InChI=1S/C18H25N5O2/c1-14(17-20-15(2)21-22-17)19-18(24)23(12-13-25-3)11-7-10-16-8-5-4-6-9-16/h4-10,14H,11-13H2,1-3H3,(H,19,24)(H,20,21,22)/b10-7+. The normalized spacial score (nSPS) is 12.3. The number of carbonyl (C=O) groups excluding carboxylic acids is 1. The summed E-state index contributed by atoms with van der Waals surface area (Å²) in [6, 6.07) is 9.52. The zero-order valence-electron chi connectivity index (χ0n) is 14.9. The van der Waals surface area contributed by atoms with Crippen molar-refractivity contribution in [3.63, 3.8) is 0 Å². The van der Waals surface area contributed by atoms with E-state index in [2.05, 4.69) is 20.5 Å². The molecule has 0 saturated carbocycles. The summed E-state index contributed by atoms with van der Waals surface area (Å²) in [5.41, 5.74) is 1.10. The third-order valence-electron chi connectivity index (χ3n) is 3.63. The van der Waals surface area contributed by atoms with Crippen molar-refractivity contribution in [1.82, 2.24) is 25.4 Å². The molecule has 0 aliphatic rings. The van der Waals surface area contributed by atoms with Gasteiger partial charge in [0.25, 0.3) is 0 Å². The quantitative estimate of drug-likeness (QED) is 0.771. The number of nitrogens with zero attached hydrogens (tertiary/aromatic N) is 3. The summed E-state index contributed by atoms with van der Waals surface area (Å²) in [6.45, 7) is 5.14. The molecule has 2 aromatic rings. The molecule has 0 spiro atoms. The van der Waals surface area contributed by atoms with Crippen LogP contribution in [-0.2, 0) is 4.74 Å². The third kappa shape index (κ3) is 6.04. The summed E-state index contributed by atoms with van der Waals surface area (Å²) < 4.78 is 5.10. The van der Waals surface area contributed by atoms with Gasteiger partial charge < -0.3 is 15.0 Å². The van der Waals surface area contributed by atoms with Crippen molar-refractivity contribution in [2.24, 2.45) is 0 Å². The topological polar surface area (TPSA) is 83.1 Å². The highest BCUT2D eigenvalue weighted by Gasteiger charge is 2.17. The van der Waals surface area contributed by atoms with Crippen molar-refractivity contribution >= 4 is 12.1 Å². The molecule has 1 aromatic heterocycles. The number of nitrogens with one attached hydrogen (secondary N) is 2. The van der Waals surface area contributed by atoms with E-state index in [9.17, 15) is 4.79 Å². The smallest absolute Gasteiger partial charge is 0.318 e. The Kier molecular flexibility index (Phi) is 7.16. The number of rotatable bonds is 8. The summed E-state index contributed by atoms with van der Waals surface area (Å²) in [7, 11) is 1.62. The molecule has 25 heavy (non-hydrogen) atoms. The fourth-order valence-electron chi connectivity index (χ4n) is 2.25. The van der Waals surface area contributed by atoms with Crippen LogP contribution in [0.4, 0.5) is 4.79 Å². The third-order valence-corrected chi connectivity index (χ3v) is 3.63. The monoisotopic (exact) mass is 343 g/mol. The lowest BCUT2D eigenvalue weighted by Crippen LogP contribution is -2.42. The van der Waals surface area contributed by atoms with Crippen LogP contribution in [-0.4, -0.2) is 52.9 Å². The predicted molar refractivity (Wildman–Crippen MR) is 97.0 cm³/mol. The molecule has 2 rings (SSSR count). The Morgan fingerprint density at radius 1 is 1.40 bits per heavy atom. The number of benzene rings is 1. The van der Waals surface area contributed by atoms with Gasteiger partial charge in [-0.1, -0.05) is 42.5 Å². The molecule has 0 radical (unpaired) electrons. The maximum atomic E-state index is 12.5. The van der Waals surface area contributed by atoms with Crippen LogP contribution in [0.25, 0.3) is 6.08 Å². The number of H-pyrrole nitrogens is 1. The second-order valence-electron chi connectivity index (χ2n) is 5.70. The summed E-state index contributed by atoms with van der Waals surface area (Å²) in [4.78, 5) is 18.5.